The summed E-state index contributed by atoms with van der Waals surface area (Å²) in [6.45, 7) is 8.36. The van der Waals surface area contributed by atoms with Crippen LogP contribution >= 0.6 is 0 Å². The number of nitrogens with one attached hydrogen (secondary N) is 6. The van der Waals surface area contributed by atoms with Crippen LogP contribution in [0.25, 0.3) is 0 Å². The number of aliphatic hydroxyl groups is 1. The number of carbonyl (C=O) groups is 7. The molecule has 0 spiro atoms. The van der Waals surface area contributed by atoms with Gasteiger partial charge in [0, 0.05) is 25.5 Å². The van der Waals surface area contributed by atoms with Gasteiger partial charge < -0.3 is 52.6 Å². The molecule has 0 aliphatic heterocycles. The summed E-state index contributed by atoms with van der Waals surface area (Å²) in [6, 6.07) is 0.561. The van der Waals surface area contributed by atoms with Crippen LogP contribution in [0.2, 0.25) is 0 Å². The predicted octanol–water partition coefficient (Wildman–Crippen LogP) is -0.631. The summed E-state index contributed by atoms with van der Waals surface area (Å²) in [5.41, 5.74) is 7.21. The van der Waals surface area contributed by atoms with Crippen molar-refractivity contribution in [1.82, 2.24) is 36.6 Å². The number of aromatic nitrogens is 2. The molecule has 1 aromatic heterocycles. The third-order valence-electron chi connectivity index (χ3n) is 8.24. The van der Waals surface area contributed by atoms with Crippen LogP contribution in [0.5, 0.6) is 0 Å². The monoisotopic (exact) mass is 758 g/mol. The maximum absolute atomic E-state index is 13.6. The molecule has 2 rings (SSSR count). The van der Waals surface area contributed by atoms with Crippen LogP contribution in [-0.2, 0) is 46.4 Å². The van der Waals surface area contributed by atoms with Crippen molar-refractivity contribution >= 4 is 41.5 Å². The van der Waals surface area contributed by atoms with Gasteiger partial charge in [-0.05, 0) is 43.6 Å². The Morgan fingerprint density at radius 1 is 0.704 bits per heavy atom. The van der Waals surface area contributed by atoms with E-state index in [1.165, 1.54) is 13.3 Å². The minimum Gasteiger partial charge on any atom is -0.481 e. The lowest BCUT2D eigenvalue weighted by Gasteiger charge is -2.28. The Labute approximate surface area is 313 Å². The molecule has 2 aromatic rings. The highest BCUT2D eigenvalue weighted by atomic mass is 16.4. The highest BCUT2D eigenvalue weighted by Gasteiger charge is 2.35. The standard InChI is InChI=1S/C36H54N8O10/c1-19(2)13-26(33(50)43-28(36(53)54)15-22-9-7-6-8-10-22)42-32(49)25(11-12-29(46)47)40-35(52)30(21(5)45)44-34(51)27(14-20(3)4)41-31(48)24(37)16-23-17-38-18-39-23/h6-10,17-21,24-28,30,45H,11-16,37H2,1-5H3,(H,38,39)(H,40,52)(H,41,48)(H,42,49)(H,43,50)(H,44,51)(H,46,47)(H,53,54)/t21-,24+,25+,26+,27+,28+,30+/m1/s1. The molecule has 54 heavy (non-hydrogen) atoms. The molecule has 5 amide bonds. The third-order valence-corrected chi connectivity index (χ3v) is 8.24. The van der Waals surface area contributed by atoms with Crippen LogP contribution in [0.3, 0.4) is 0 Å². The maximum Gasteiger partial charge on any atom is 0.326 e. The van der Waals surface area contributed by atoms with Crippen molar-refractivity contribution in [3.8, 4) is 0 Å². The van der Waals surface area contributed by atoms with Gasteiger partial charge in [-0.2, -0.15) is 0 Å². The number of carboxylic acids is 2. The van der Waals surface area contributed by atoms with Crippen molar-refractivity contribution in [2.45, 2.75) is 115 Å². The smallest absolute Gasteiger partial charge is 0.326 e. The number of hydrogen-bond donors (Lipinski definition) is 10. The van der Waals surface area contributed by atoms with E-state index in [4.69, 9.17) is 5.73 Å². The minimum absolute atomic E-state index is 0.0341. The lowest BCUT2D eigenvalue weighted by molar-refractivity contribution is -0.142. The molecule has 0 aliphatic carbocycles. The molecule has 0 unspecified atom stereocenters. The molecule has 298 valence electrons. The molecular weight excluding hydrogens is 704 g/mol. The van der Waals surface area contributed by atoms with Crippen LogP contribution in [0.1, 0.15) is 71.6 Å². The number of rotatable bonds is 23. The summed E-state index contributed by atoms with van der Waals surface area (Å²) in [5.74, 6) is -7.15. The fraction of sp³-hybridized carbons (Fsp3) is 0.556. The molecule has 11 N–H and O–H groups in total. The summed E-state index contributed by atoms with van der Waals surface area (Å²) in [5, 5.41) is 42.1. The topological polar surface area (TPSA) is 295 Å². The van der Waals surface area contributed by atoms with Gasteiger partial charge in [0.05, 0.1) is 24.2 Å². The molecule has 18 heteroatoms. The maximum atomic E-state index is 13.6. The molecule has 1 heterocycles. The Hall–Kier alpha value is -5.36. The van der Waals surface area contributed by atoms with E-state index in [-0.39, 0.29) is 37.5 Å². The van der Waals surface area contributed by atoms with Gasteiger partial charge in [-0.15, -0.1) is 0 Å². The van der Waals surface area contributed by atoms with Gasteiger partial charge in [0.25, 0.3) is 0 Å². The highest BCUT2D eigenvalue weighted by Crippen LogP contribution is 2.11. The predicted molar refractivity (Wildman–Crippen MR) is 195 cm³/mol. The molecule has 0 radical (unpaired) electrons. The zero-order valence-corrected chi connectivity index (χ0v) is 31.2. The van der Waals surface area contributed by atoms with Gasteiger partial charge in [-0.1, -0.05) is 58.0 Å². The van der Waals surface area contributed by atoms with Crippen LogP contribution < -0.4 is 32.3 Å². The first-order valence-corrected chi connectivity index (χ1v) is 17.8. The SMILES string of the molecule is CC(C)C[C@H](NC(=O)[C@H](CCC(=O)O)NC(=O)[C@@H](NC(=O)[C@H](CC(C)C)NC(=O)[C@@H](N)Cc1c[nH]cn1)[C@@H](C)O)C(=O)N[C@@H](Cc1ccccc1)C(=O)O. The quantitative estimate of drug-likeness (QED) is 0.0678. The second-order valence-corrected chi connectivity index (χ2v) is 14.1. The minimum atomic E-state index is -1.66. The number of nitrogens with two attached hydrogens (primary N) is 1. The van der Waals surface area contributed by atoms with Crippen LogP contribution in [-0.4, -0.2) is 109 Å². The molecule has 0 fully saturated rings. The normalized spacial score (nSPS) is 15.1. The van der Waals surface area contributed by atoms with E-state index in [9.17, 15) is 48.9 Å². The Bertz CT molecular complexity index is 1550. The van der Waals surface area contributed by atoms with Crippen molar-refractivity contribution < 1.29 is 48.9 Å². The average molecular weight is 759 g/mol. The van der Waals surface area contributed by atoms with E-state index in [0.717, 1.165) is 0 Å². The third kappa shape index (κ3) is 15.7. The number of carboxylic acid groups (broad SMARTS) is 2. The number of aliphatic carboxylic acids is 2. The van der Waals surface area contributed by atoms with Crippen LogP contribution in [0, 0.1) is 11.8 Å². The van der Waals surface area contributed by atoms with E-state index in [0.29, 0.717) is 11.3 Å². The van der Waals surface area contributed by atoms with Gasteiger partial charge in [0.2, 0.25) is 29.5 Å². The first kappa shape index (κ1) is 44.8. The molecule has 0 saturated carbocycles. The van der Waals surface area contributed by atoms with E-state index in [1.807, 2.05) is 0 Å². The second kappa shape index (κ2) is 22.0. The lowest BCUT2D eigenvalue weighted by atomic mass is 10.00. The van der Waals surface area contributed by atoms with E-state index in [2.05, 4.69) is 36.6 Å². The number of amides is 5. The van der Waals surface area contributed by atoms with E-state index < -0.39 is 96.7 Å². The summed E-state index contributed by atoms with van der Waals surface area (Å²) < 4.78 is 0. The number of hydrogen-bond acceptors (Lipinski definition) is 10. The number of imidazole rings is 1. The Kier molecular flexibility index (Phi) is 18.2. The Morgan fingerprint density at radius 3 is 1.72 bits per heavy atom. The van der Waals surface area contributed by atoms with Gasteiger partial charge in [-0.25, -0.2) is 9.78 Å². The average Bonchev–Trinajstić information content (AvgIpc) is 3.60. The molecule has 7 atom stereocenters. The lowest BCUT2D eigenvalue weighted by Crippen LogP contribution is -2.61. The highest BCUT2D eigenvalue weighted by molar-refractivity contribution is 5.96. The van der Waals surface area contributed by atoms with Gasteiger partial charge >= 0.3 is 11.9 Å². The Balaban J connectivity index is 2.24. The summed E-state index contributed by atoms with van der Waals surface area (Å²) >= 11 is 0. The van der Waals surface area contributed by atoms with E-state index in [1.54, 1.807) is 64.2 Å². The molecule has 18 nitrogen and oxygen atoms in total. The number of carbonyl (C=O) groups excluding carboxylic acids is 5. The second-order valence-electron chi connectivity index (χ2n) is 14.1. The zero-order valence-electron chi connectivity index (χ0n) is 31.2. The van der Waals surface area contributed by atoms with Crippen LogP contribution in [0.4, 0.5) is 0 Å². The Morgan fingerprint density at radius 2 is 1.22 bits per heavy atom. The fourth-order valence-corrected chi connectivity index (χ4v) is 5.46. The summed E-state index contributed by atoms with van der Waals surface area (Å²) in [4.78, 5) is 97.2. The summed E-state index contributed by atoms with van der Waals surface area (Å²) in [7, 11) is 0. The molecule has 1 aromatic carbocycles. The first-order valence-electron chi connectivity index (χ1n) is 17.8. The number of nitrogens with zero attached hydrogens (tertiary/aromatic N) is 1. The van der Waals surface area contributed by atoms with Crippen molar-refractivity contribution in [1.29, 1.82) is 0 Å². The van der Waals surface area contributed by atoms with Gasteiger partial charge in [0.1, 0.15) is 30.2 Å². The van der Waals surface area contributed by atoms with Crippen LogP contribution in [0.15, 0.2) is 42.9 Å². The van der Waals surface area contributed by atoms with Gasteiger partial charge in [-0.3, -0.25) is 28.8 Å². The number of H-pyrrole nitrogens is 1. The van der Waals surface area contributed by atoms with Gasteiger partial charge in [0.15, 0.2) is 0 Å². The van der Waals surface area contributed by atoms with Crippen molar-refractivity contribution in [2.24, 2.45) is 17.6 Å². The zero-order chi connectivity index (χ0) is 40.5. The number of aliphatic hydroxyl groups excluding tert-OH is 1. The molecule has 0 bridgehead atoms. The largest absolute Gasteiger partial charge is 0.481 e. The molecular formula is C36H54N8O10. The first-order chi connectivity index (χ1) is 25.4. The van der Waals surface area contributed by atoms with E-state index >= 15 is 0 Å². The molecule has 0 aliphatic rings. The fourth-order valence-electron chi connectivity index (χ4n) is 5.46. The van der Waals surface area contributed by atoms with Crippen molar-refractivity contribution in [3.63, 3.8) is 0 Å². The number of aromatic amines is 1. The molecule has 0 saturated heterocycles. The van der Waals surface area contributed by atoms with Crippen molar-refractivity contribution in [2.75, 3.05) is 0 Å². The van der Waals surface area contributed by atoms with Crippen molar-refractivity contribution in [3.05, 3.63) is 54.1 Å². The number of benzene rings is 1. The summed E-state index contributed by atoms with van der Waals surface area (Å²) in [6.07, 6.45) is 0.712.